The smallest absolute Gasteiger partial charge is 0.225 e. The van der Waals surface area contributed by atoms with E-state index in [1.807, 2.05) is 24.3 Å². The fourth-order valence-corrected chi connectivity index (χ4v) is 3.81. The third-order valence-electron chi connectivity index (χ3n) is 4.82. The molecule has 0 bridgehead atoms. The van der Waals surface area contributed by atoms with Crippen LogP contribution in [0.5, 0.6) is 0 Å². The van der Waals surface area contributed by atoms with E-state index in [9.17, 15) is 4.79 Å². The maximum absolute atomic E-state index is 12.5. The SMILES string of the molecule is C#CCN(C/C=C/c1ccccc1SCC)C(=O)CCOCCOCCOCCOCCOCCN=[N+]=[N-]. The predicted octanol–water partition coefficient (Wildman–Crippen LogP) is 4.06. The highest BCUT2D eigenvalue weighted by atomic mass is 32.2. The Morgan fingerprint density at radius 2 is 1.58 bits per heavy atom. The minimum atomic E-state index is -0.0416. The molecule has 1 aromatic rings. The highest BCUT2D eigenvalue weighted by Gasteiger charge is 2.11. The number of hydrogen-bond acceptors (Lipinski definition) is 8. The summed E-state index contributed by atoms with van der Waals surface area (Å²) in [6, 6.07) is 8.20. The molecule has 0 atom stereocenters. The number of rotatable bonds is 24. The molecule has 0 aromatic heterocycles. The summed E-state index contributed by atoms with van der Waals surface area (Å²) in [7, 11) is 0. The van der Waals surface area contributed by atoms with Crippen LogP contribution in [0.1, 0.15) is 18.9 Å². The third kappa shape index (κ3) is 17.8. The largest absolute Gasteiger partial charge is 0.379 e. The van der Waals surface area contributed by atoms with Crippen LogP contribution in [0.25, 0.3) is 16.5 Å². The van der Waals surface area contributed by atoms with Crippen LogP contribution in [0.4, 0.5) is 0 Å². The average molecular weight is 549 g/mol. The Balaban J connectivity index is 2.04. The molecule has 0 saturated carbocycles. The Labute approximate surface area is 230 Å². The molecule has 11 heteroatoms. The molecule has 0 unspecified atom stereocenters. The van der Waals surface area contributed by atoms with Gasteiger partial charge < -0.3 is 28.6 Å². The van der Waals surface area contributed by atoms with Crippen LogP contribution in [-0.2, 0) is 28.5 Å². The van der Waals surface area contributed by atoms with E-state index in [2.05, 4.69) is 35.0 Å². The van der Waals surface area contributed by atoms with Gasteiger partial charge in [0.05, 0.1) is 79.0 Å². The average Bonchev–Trinajstić information content (AvgIpc) is 2.93. The van der Waals surface area contributed by atoms with Gasteiger partial charge in [0.25, 0.3) is 0 Å². The Morgan fingerprint density at radius 1 is 1.00 bits per heavy atom. The van der Waals surface area contributed by atoms with Crippen LogP contribution in [0.3, 0.4) is 0 Å². The van der Waals surface area contributed by atoms with E-state index in [-0.39, 0.29) is 18.9 Å². The first-order chi connectivity index (χ1) is 18.7. The Kier molecular flexibility index (Phi) is 21.8. The molecule has 1 aromatic carbocycles. The minimum absolute atomic E-state index is 0.0416. The highest BCUT2D eigenvalue weighted by Crippen LogP contribution is 2.23. The molecular weight excluding hydrogens is 508 g/mol. The quantitative estimate of drug-likeness (QED) is 0.0478. The summed E-state index contributed by atoms with van der Waals surface area (Å²) < 4.78 is 27.0. The monoisotopic (exact) mass is 548 g/mol. The minimum Gasteiger partial charge on any atom is -0.379 e. The third-order valence-corrected chi connectivity index (χ3v) is 5.80. The zero-order chi connectivity index (χ0) is 27.5. The van der Waals surface area contributed by atoms with Crippen molar-refractivity contribution in [2.75, 3.05) is 91.5 Å². The van der Waals surface area contributed by atoms with Crippen LogP contribution in [-0.4, -0.2) is 102 Å². The topological polar surface area (TPSA) is 115 Å². The number of carbonyl (C=O) groups is 1. The fourth-order valence-electron chi connectivity index (χ4n) is 3.03. The van der Waals surface area contributed by atoms with Crippen LogP contribution in [0, 0.1) is 12.3 Å². The molecule has 0 aliphatic heterocycles. The highest BCUT2D eigenvalue weighted by molar-refractivity contribution is 7.99. The van der Waals surface area contributed by atoms with Gasteiger partial charge in [-0.05, 0) is 22.9 Å². The lowest BCUT2D eigenvalue weighted by Gasteiger charge is -2.18. The zero-order valence-electron chi connectivity index (χ0n) is 22.3. The maximum Gasteiger partial charge on any atom is 0.225 e. The number of thioether (sulfide) groups is 1. The van der Waals surface area contributed by atoms with Crippen molar-refractivity contribution in [1.82, 2.24) is 4.90 Å². The Morgan fingerprint density at radius 3 is 2.16 bits per heavy atom. The normalized spacial score (nSPS) is 10.8. The van der Waals surface area contributed by atoms with Gasteiger partial charge >= 0.3 is 0 Å². The molecule has 38 heavy (non-hydrogen) atoms. The molecule has 0 N–H and O–H groups in total. The molecule has 0 heterocycles. The molecule has 210 valence electrons. The van der Waals surface area contributed by atoms with Crippen LogP contribution in [0.2, 0.25) is 0 Å². The summed E-state index contributed by atoms with van der Waals surface area (Å²) >= 11 is 1.79. The van der Waals surface area contributed by atoms with Gasteiger partial charge in [-0.2, -0.15) is 0 Å². The summed E-state index contributed by atoms with van der Waals surface area (Å²) in [6.07, 6.45) is 9.73. The predicted molar refractivity (Wildman–Crippen MR) is 150 cm³/mol. The Bertz CT molecular complexity index is 873. The van der Waals surface area contributed by atoms with Crippen LogP contribution in [0.15, 0.2) is 40.4 Å². The first kappa shape index (κ1) is 33.5. The van der Waals surface area contributed by atoms with Crippen molar-refractivity contribution in [3.63, 3.8) is 0 Å². The molecule has 0 saturated heterocycles. The molecule has 1 rings (SSSR count). The van der Waals surface area contributed by atoms with Gasteiger partial charge in [0.1, 0.15) is 0 Å². The van der Waals surface area contributed by atoms with Crippen LogP contribution >= 0.6 is 11.8 Å². The van der Waals surface area contributed by atoms with Crippen LogP contribution < -0.4 is 0 Å². The van der Waals surface area contributed by atoms with Gasteiger partial charge in [0.2, 0.25) is 5.91 Å². The van der Waals surface area contributed by atoms with Crippen molar-refractivity contribution in [1.29, 1.82) is 0 Å². The van der Waals surface area contributed by atoms with E-state index in [0.717, 1.165) is 11.3 Å². The van der Waals surface area contributed by atoms with Crippen molar-refractivity contribution in [2.45, 2.75) is 18.2 Å². The van der Waals surface area contributed by atoms with E-state index in [1.165, 1.54) is 4.90 Å². The lowest BCUT2D eigenvalue weighted by Crippen LogP contribution is -2.32. The molecule has 0 fully saturated rings. The number of hydrogen-bond donors (Lipinski definition) is 0. The summed E-state index contributed by atoms with van der Waals surface area (Å²) in [4.78, 5) is 18.1. The molecule has 0 spiro atoms. The van der Waals surface area contributed by atoms with Gasteiger partial charge in [0, 0.05) is 22.9 Å². The van der Waals surface area contributed by atoms with Gasteiger partial charge in [-0.15, -0.1) is 18.2 Å². The number of amides is 1. The number of azide groups is 1. The lowest BCUT2D eigenvalue weighted by atomic mass is 10.2. The number of ether oxygens (including phenoxy) is 5. The second-order valence-electron chi connectivity index (χ2n) is 7.62. The van der Waals surface area contributed by atoms with E-state index in [1.54, 1.807) is 16.7 Å². The standard InChI is InChI=1S/C27H40N4O6S/c1-3-13-31(14-7-9-25-8-5-6-10-26(25)38-4-2)27(32)11-15-33-17-19-35-21-23-37-24-22-36-20-18-34-16-12-29-30-28/h1,5-10H,4,11-24H2,2H3/b9-7+. The Hall–Kier alpha value is -2.55. The number of benzene rings is 1. The summed E-state index contributed by atoms with van der Waals surface area (Å²) in [5, 5.41) is 3.37. The number of terminal acetylenes is 1. The van der Waals surface area contributed by atoms with Crippen molar-refractivity contribution in [3.8, 4) is 12.3 Å². The second-order valence-corrected chi connectivity index (χ2v) is 8.92. The fraction of sp³-hybridized carbons (Fsp3) is 0.593. The van der Waals surface area contributed by atoms with Crippen molar-refractivity contribution in [3.05, 3.63) is 46.3 Å². The number of carbonyl (C=O) groups excluding carboxylic acids is 1. The van der Waals surface area contributed by atoms with Crippen molar-refractivity contribution in [2.24, 2.45) is 5.11 Å². The molecule has 0 radical (unpaired) electrons. The molecular formula is C27H40N4O6S. The van der Waals surface area contributed by atoms with Gasteiger partial charge in [0.15, 0.2) is 0 Å². The molecule has 0 aliphatic rings. The zero-order valence-corrected chi connectivity index (χ0v) is 23.1. The van der Waals surface area contributed by atoms with E-state index in [0.29, 0.717) is 79.2 Å². The van der Waals surface area contributed by atoms with Gasteiger partial charge in [-0.1, -0.05) is 48.3 Å². The van der Waals surface area contributed by atoms with Gasteiger partial charge in [-0.3, -0.25) is 4.79 Å². The molecule has 0 aliphatic carbocycles. The summed E-state index contributed by atoms with van der Waals surface area (Å²) in [5.41, 5.74) is 9.27. The molecule has 10 nitrogen and oxygen atoms in total. The van der Waals surface area contributed by atoms with E-state index < -0.39 is 0 Å². The second kappa shape index (κ2) is 24.8. The van der Waals surface area contributed by atoms with Crippen molar-refractivity contribution >= 4 is 23.7 Å². The summed E-state index contributed by atoms with van der Waals surface area (Å²) in [6.45, 7) is 7.43. The van der Waals surface area contributed by atoms with Gasteiger partial charge in [-0.25, -0.2) is 0 Å². The molecule has 1 amide bonds. The first-order valence-electron chi connectivity index (χ1n) is 12.7. The maximum atomic E-state index is 12.5. The van der Waals surface area contributed by atoms with Crippen molar-refractivity contribution < 1.29 is 28.5 Å². The van der Waals surface area contributed by atoms with E-state index in [4.69, 9.17) is 35.6 Å². The lowest BCUT2D eigenvalue weighted by molar-refractivity contribution is -0.131. The summed E-state index contributed by atoms with van der Waals surface area (Å²) in [5.74, 6) is 3.52. The first-order valence-corrected chi connectivity index (χ1v) is 13.7. The van der Waals surface area contributed by atoms with E-state index >= 15 is 0 Å². The number of nitrogens with zero attached hydrogens (tertiary/aromatic N) is 4.